The molecule has 0 bridgehead atoms. The standard InChI is InChI=1S/C27H33NO4S/c1-20(8-6-11-21-9-4-3-5-10-21)24(29)16-13-22-14-18-26(30)28(22)19-7-12-23-15-17-25(33-23)27(31)32-2/h3-5,7,9-10,12-13,15-17,20,22,24,29H,6,8,11,14,18-19H2,1-2H3/b12-7-,16-13+/t20-,22-,24+/m0/s1. The second-order valence-electron chi connectivity index (χ2n) is 8.48. The summed E-state index contributed by atoms with van der Waals surface area (Å²) in [5.74, 6) is -0.0493. The van der Waals surface area contributed by atoms with Crippen molar-refractivity contribution in [2.45, 2.75) is 51.2 Å². The van der Waals surface area contributed by atoms with Crippen molar-refractivity contribution in [1.82, 2.24) is 4.90 Å². The van der Waals surface area contributed by atoms with Gasteiger partial charge in [0.2, 0.25) is 5.91 Å². The SMILES string of the molecule is COC(=O)c1ccc(/C=C\CN2C(=O)CC[C@@H]2/C=C/[C@@H](O)[C@@H](C)CCCc2ccccc2)s1. The zero-order valence-electron chi connectivity index (χ0n) is 19.4. The molecule has 176 valence electrons. The van der Waals surface area contributed by atoms with E-state index in [1.165, 1.54) is 24.0 Å². The number of hydrogen-bond acceptors (Lipinski definition) is 5. The minimum absolute atomic E-state index is 0.00212. The van der Waals surface area contributed by atoms with Crippen molar-refractivity contribution in [3.8, 4) is 0 Å². The number of amides is 1. The first-order valence-electron chi connectivity index (χ1n) is 11.5. The number of esters is 1. The van der Waals surface area contributed by atoms with Crippen LogP contribution in [0.2, 0.25) is 0 Å². The number of hydrogen-bond donors (Lipinski definition) is 1. The molecule has 1 amide bonds. The van der Waals surface area contributed by atoms with Crippen molar-refractivity contribution in [2.75, 3.05) is 13.7 Å². The number of rotatable bonds is 11. The lowest BCUT2D eigenvalue weighted by molar-refractivity contribution is -0.127. The number of carbonyl (C=O) groups is 2. The van der Waals surface area contributed by atoms with Crippen LogP contribution in [0.3, 0.4) is 0 Å². The third-order valence-electron chi connectivity index (χ3n) is 6.05. The van der Waals surface area contributed by atoms with Gasteiger partial charge in [-0.15, -0.1) is 11.3 Å². The Morgan fingerprint density at radius 3 is 2.82 bits per heavy atom. The van der Waals surface area contributed by atoms with Gasteiger partial charge in [-0.1, -0.05) is 55.5 Å². The van der Waals surface area contributed by atoms with Crippen molar-refractivity contribution < 1.29 is 19.4 Å². The summed E-state index contributed by atoms with van der Waals surface area (Å²) in [4.78, 5) is 27.3. The summed E-state index contributed by atoms with van der Waals surface area (Å²) in [6, 6.07) is 14.0. The van der Waals surface area contributed by atoms with E-state index in [1.54, 1.807) is 6.07 Å². The molecule has 3 rings (SSSR count). The monoisotopic (exact) mass is 467 g/mol. The van der Waals surface area contributed by atoms with E-state index in [4.69, 9.17) is 4.74 Å². The molecule has 0 unspecified atom stereocenters. The summed E-state index contributed by atoms with van der Waals surface area (Å²) in [5.41, 5.74) is 1.33. The zero-order valence-corrected chi connectivity index (χ0v) is 20.2. The quantitative estimate of drug-likeness (QED) is 0.368. The summed E-state index contributed by atoms with van der Waals surface area (Å²) in [7, 11) is 1.37. The molecule has 33 heavy (non-hydrogen) atoms. The number of methoxy groups -OCH3 is 1. The molecule has 0 aliphatic carbocycles. The fraction of sp³-hybridized carbons (Fsp3) is 0.407. The number of thiophene rings is 1. The molecule has 1 aliphatic rings. The Balaban J connectivity index is 1.47. The number of aryl methyl sites for hydroxylation is 1. The first-order valence-corrected chi connectivity index (χ1v) is 12.3. The highest BCUT2D eigenvalue weighted by Gasteiger charge is 2.28. The topological polar surface area (TPSA) is 66.8 Å². The summed E-state index contributed by atoms with van der Waals surface area (Å²) in [6.45, 7) is 2.58. The van der Waals surface area contributed by atoms with E-state index >= 15 is 0 Å². The Kier molecular flexibility index (Phi) is 9.46. The van der Waals surface area contributed by atoms with Gasteiger partial charge in [0.1, 0.15) is 4.88 Å². The van der Waals surface area contributed by atoms with Crippen LogP contribution in [0, 0.1) is 5.92 Å². The third-order valence-corrected chi connectivity index (χ3v) is 7.08. The lowest BCUT2D eigenvalue weighted by atomic mass is 9.95. The van der Waals surface area contributed by atoms with Gasteiger partial charge in [0.15, 0.2) is 0 Å². The van der Waals surface area contributed by atoms with Gasteiger partial charge < -0.3 is 14.7 Å². The molecule has 1 aromatic heterocycles. The maximum Gasteiger partial charge on any atom is 0.348 e. The smallest absolute Gasteiger partial charge is 0.348 e. The Morgan fingerprint density at radius 1 is 1.27 bits per heavy atom. The maximum atomic E-state index is 12.4. The van der Waals surface area contributed by atoms with Gasteiger partial charge in [-0.3, -0.25) is 4.79 Å². The summed E-state index contributed by atoms with van der Waals surface area (Å²) in [5, 5.41) is 10.6. The van der Waals surface area contributed by atoms with Crippen molar-refractivity contribution in [1.29, 1.82) is 0 Å². The van der Waals surface area contributed by atoms with Gasteiger partial charge in [0, 0.05) is 17.8 Å². The van der Waals surface area contributed by atoms with Crippen LogP contribution in [0.15, 0.2) is 60.7 Å². The van der Waals surface area contributed by atoms with Crippen molar-refractivity contribution in [3.05, 3.63) is 76.0 Å². The summed E-state index contributed by atoms with van der Waals surface area (Å²) >= 11 is 1.36. The van der Waals surface area contributed by atoms with Crippen molar-refractivity contribution in [2.24, 2.45) is 5.92 Å². The van der Waals surface area contributed by atoms with Gasteiger partial charge in [0.05, 0.1) is 19.3 Å². The first kappa shape index (κ1) is 24.9. The fourth-order valence-electron chi connectivity index (χ4n) is 4.00. The van der Waals surface area contributed by atoms with Crippen LogP contribution in [-0.2, 0) is 16.0 Å². The average molecular weight is 468 g/mol. The second kappa shape index (κ2) is 12.5. The Bertz CT molecular complexity index is 966. The molecule has 1 saturated heterocycles. The third kappa shape index (κ3) is 7.41. The highest BCUT2D eigenvalue weighted by Crippen LogP contribution is 2.23. The van der Waals surface area contributed by atoms with E-state index < -0.39 is 6.10 Å². The Labute approximate surface area is 200 Å². The van der Waals surface area contributed by atoms with E-state index in [1.807, 2.05) is 41.3 Å². The number of benzene rings is 1. The molecular formula is C27H33NO4S. The molecule has 0 saturated carbocycles. The van der Waals surface area contributed by atoms with Gasteiger partial charge in [-0.25, -0.2) is 4.79 Å². The number of aliphatic hydroxyl groups is 1. The number of ether oxygens (including phenoxy) is 1. The van der Waals surface area contributed by atoms with E-state index in [0.717, 1.165) is 30.6 Å². The lowest BCUT2D eigenvalue weighted by Crippen LogP contribution is -2.32. The van der Waals surface area contributed by atoms with Gasteiger partial charge in [-0.05, 0) is 55.4 Å². The predicted molar refractivity (Wildman–Crippen MR) is 133 cm³/mol. The highest BCUT2D eigenvalue weighted by atomic mass is 32.1. The summed E-state index contributed by atoms with van der Waals surface area (Å²) in [6.07, 6.45) is 11.5. The van der Waals surface area contributed by atoms with Crippen LogP contribution in [0.5, 0.6) is 0 Å². The number of nitrogens with zero attached hydrogens (tertiary/aromatic N) is 1. The molecule has 1 aliphatic heterocycles. The molecule has 6 heteroatoms. The van der Waals surface area contributed by atoms with Gasteiger partial charge >= 0.3 is 5.97 Å². The molecule has 3 atom stereocenters. The molecule has 0 radical (unpaired) electrons. The minimum atomic E-state index is -0.517. The van der Waals surface area contributed by atoms with E-state index in [0.29, 0.717) is 17.8 Å². The zero-order chi connectivity index (χ0) is 23.6. The summed E-state index contributed by atoms with van der Waals surface area (Å²) < 4.78 is 4.73. The van der Waals surface area contributed by atoms with Crippen LogP contribution >= 0.6 is 11.3 Å². The van der Waals surface area contributed by atoms with Crippen LogP contribution in [0.25, 0.3) is 6.08 Å². The van der Waals surface area contributed by atoms with E-state index in [2.05, 4.69) is 31.2 Å². The van der Waals surface area contributed by atoms with Crippen LogP contribution in [-0.4, -0.2) is 47.7 Å². The fourth-order valence-corrected chi connectivity index (χ4v) is 4.86. The van der Waals surface area contributed by atoms with Gasteiger partial charge in [0.25, 0.3) is 0 Å². The lowest BCUT2D eigenvalue weighted by Gasteiger charge is -2.22. The molecule has 1 N–H and O–H groups in total. The molecule has 1 aromatic carbocycles. The van der Waals surface area contributed by atoms with Crippen LogP contribution in [0.1, 0.15) is 52.7 Å². The molecule has 2 aromatic rings. The molecule has 0 spiro atoms. The Hall–Kier alpha value is -2.70. The molecule has 1 fully saturated rings. The Morgan fingerprint density at radius 2 is 2.06 bits per heavy atom. The molecule has 5 nitrogen and oxygen atoms in total. The van der Waals surface area contributed by atoms with Crippen molar-refractivity contribution in [3.63, 3.8) is 0 Å². The number of carbonyl (C=O) groups excluding carboxylic acids is 2. The van der Waals surface area contributed by atoms with E-state index in [9.17, 15) is 14.7 Å². The number of likely N-dealkylation sites (tertiary alicyclic amines) is 1. The largest absolute Gasteiger partial charge is 0.465 e. The first-order chi connectivity index (χ1) is 16.0. The average Bonchev–Trinajstić information content (AvgIpc) is 3.44. The van der Waals surface area contributed by atoms with E-state index in [-0.39, 0.29) is 23.8 Å². The van der Waals surface area contributed by atoms with Crippen LogP contribution < -0.4 is 0 Å². The van der Waals surface area contributed by atoms with Crippen LogP contribution in [0.4, 0.5) is 0 Å². The highest BCUT2D eigenvalue weighted by molar-refractivity contribution is 7.14. The van der Waals surface area contributed by atoms with Crippen molar-refractivity contribution >= 4 is 29.3 Å². The molecular weight excluding hydrogens is 434 g/mol. The van der Waals surface area contributed by atoms with Gasteiger partial charge in [-0.2, -0.15) is 0 Å². The molecule has 2 heterocycles. The second-order valence-corrected chi connectivity index (χ2v) is 9.59. The normalized spacial score (nSPS) is 18.3. The maximum absolute atomic E-state index is 12.4. The number of aliphatic hydroxyl groups excluding tert-OH is 1. The predicted octanol–water partition coefficient (Wildman–Crippen LogP) is 5.12. The minimum Gasteiger partial charge on any atom is -0.465 e.